The number of nitrogens with one attached hydrogen (secondary N) is 1. The van der Waals surface area contributed by atoms with Crippen molar-refractivity contribution in [2.24, 2.45) is 0 Å². The van der Waals surface area contributed by atoms with E-state index in [4.69, 9.17) is 0 Å². The lowest BCUT2D eigenvalue weighted by Crippen LogP contribution is -2.21. The molecule has 3 heterocycles. The van der Waals surface area contributed by atoms with E-state index in [1.807, 2.05) is 25.3 Å². The van der Waals surface area contributed by atoms with Crippen LogP contribution in [0.15, 0.2) is 22.8 Å². The predicted molar refractivity (Wildman–Crippen MR) is 118 cm³/mol. The quantitative estimate of drug-likeness (QED) is 0.448. The van der Waals surface area contributed by atoms with Crippen LogP contribution in [0.25, 0.3) is 10.2 Å². The van der Waals surface area contributed by atoms with Gasteiger partial charge in [0.05, 0.1) is 21.5 Å². The lowest BCUT2D eigenvalue weighted by atomic mass is 9.95. The summed E-state index contributed by atoms with van der Waals surface area (Å²) in [5, 5.41) is 15.6. The normalized spacial score (nSPS) is 14.8. The van der Waals surface area contributed by atoms with Crippen molar-refractivity contribution < 1.29 is 4.79 Å². The van der Waals surface area contributed by atoms with Crippen molar-refractivity contribution in [3.05, 3.63) is 34.6 Å². The van der Waals surface area contributed by atoms with E-state index in [1.54, 1.807) is 11.3 Å². The van der Waals surface area contributed by atoms with Crippen LogP contribution in [0.3, 0.4) is 0 Å². The molecule has 3 aromatic rings. The van der Waals surface area contributed by atoms with Gasteiger partial charge in [-0.15, -0.1) is 11.3 Å². The molecule has 8 heteroatoms. The molecule has 3 aromatic heterocycles. The highest BCUT2D eigenvalue weighted by Crippen LogP contribution is 2.37. The number of thiophene rings is 1. The van der Waals surface area contributed by atoms with E-state index >= 15 is 0 Å². The molecule has 0 radical (unpaired) electrons. The molecule has 0 atom stereocenters. The molecule has 29 heavy (non-hydrogen) atoms. The summed E-state index contributed by atoms with van der Waals surface area (Å²) >= 11 is 2.98. The second-order valence-electron chi connectivity index (χ2n) is 7.36. The van der Waals surface area contributed by atoms with Gasteiger partial charge in [-0.3, -0.25) is 4.79 Å². The molecule has 0 bridgehead atoms. The highest BCUT2D eigenvalue weighted by atomic mass is 32.2. The van der Waals surface area contributed by atoms with Crippen molar-refractivity contribution in [2.45, 2.75) is 57.0 Å². The number of hydrogen-bond acceptors (Lipinski definition) is 6. The zero-order valence-electron chi connectivity index (χ0n) is 16.6. The standard InChI is InChI=1S/C21H23N5OS2/c1-13-14(2)26(15-6-4-3-5-7-15)20(16(13)10-22)25-18(27)11-29-21-19-17(8-9-28-19)23-12-24-21/h8-9,12,15H,3-7,11H2,1-2H3,(H,25,27). The van der Waals surface area contributed by atoms with Crippen LogP contribution in [0.2, 0.25) is 0 Å². The van der Waals surface area contributed by atoms with Crippen LogP contribution in [0.1, 0.15) is 55.0 Å². The Morgan fingerprint density at radius 2 is 2.14 bits per heavy atom. The molecule has 0 aromatic carbocycles. The van der Waals surface area contributed by atoms with Gasteiger partial charge >= 0.3 is 0 Å². The maximum atomic E-state index is 12.8. The summed E-state index contributed by atoms with van der Waals surface area (Å²) in [4.78, 5) is 21.4. The number of anilines is 1. The molecule has 1 amide bonds. The third-order valence-corrected chi connectivity index (χ3v) is 7.65. The van der Waals surface area contributed by atoms with Crippen LogP contribution in [0.5, 0.6) is 0 Å². The summed E-state index contributed by atoms with van der Waals surface area (Å²) in [5.74, 6) is 0.774. The summed E-state index contributed by atoms with van der Waals surface area (Å²) < 4.78 is 3.19. The third kappa shape index (κ3) is 3.89. The van der Waals surface area contributed by atoms with Crippen LogP contribution >= 0.6 is 23.1 Å². The molecule has 0 saturated heterocycles. The number of carbonyl (C=O) groups is 1. The fourth-order valence-electron chi connectivity index (χ4n) is 4.05. The van der Waals surface area contributed by atoms with Gasteiger partial charge in [-0.2, -0.15) is 5.26 Å². The smallest absolute Gasteiger partial charge is 0.235 e. The highest BCUT2D eigenvalue weighted by Gasteiger charge is 2.26. The lowest BCUT2D eigenvalue weighted by Gasteiger charge is -2.27. The molecule has 150 valence electrons. The zero-order valence-corrected chi connectivity index (χ0v) is 18.2. The van der Waals surface area contributed by atoms with Gasteiger partial charge < -0.3 is 9.88 Å². The number of hydrogen-bond donors (Lipinski definition) is 1. The number of nitriles is 1. The van der Waals surface area contributed by atoms with Crippen molar-refractivity contribution in [3.63, 3.8) is 0 Å². The summed E-state index contributed by atoms with van der Waals surface area (Å²) in [6.45, 7) is 4.01. The van der Waals surface area contributed by atoms with Gasteiger partial charge in [-0.25, -0.2) is 9.97 Å². The van der Waals surface area contributed by atoms with E-state index in [-0.39, 0.29) is 11.7 Å². The SMILES string of the molecule is Cc1c(C#N)c(NC(=O)CSc2ncnc3ccsc23)n(C2CCCCC2)c1C. The summed E-state index contributed by atoms with van der Waals surface area (Å²) in [6, 6.07) is 4.60. The van der Waals surface area contributed by atoms with Crippen LogP contribution in [0.4, 0.5) is 5.82 Å². The minimum Gasteiger partial charge on any atom is -0.327 e. The van der Waals surface area contributed by atoms with E-state index in [0.29, 0.717) is 17.4 Å². The molecular weight excluding hydrogens is 402 g/mol. The Bertz CT molecular complexity index is 1090. The van der Waals surface area contributed by atoms with E-state index in [9.17, 15) is 10.1 Å². The minimum absolute atomic E-state index is 0.121. The molecule has 1 saturated carbocycles. The second-order valence-corrected chi connectivity index (χ2v) is 9.24. The van der Waals surface area contributed by atoms with E-state index in [2.05, 4.69) is 25.9 Å². The first-order valence-corrected chi connectivity index (χ1v) is 11.7. The Balaban J connectivity index is 1.55. The molecule has 0 spiro atoms. The molecule has 1 aliphatic carbocycles. The maximum Gasteiger partial charge on any atom is 0.235 e. The molecule has 1 N–H and O–H groups in total. The van der Waals surface area contributed by atoms with E-state index in [1.165, 1.54) is 37.4 Å². The van der Waals surface area contributed by atoms with Gasteiger partial charge in [-0.05, 0) is 43.7 Å². The Labute approximate surface area is 178 Å². The minimum atomic E-state index is -0.121. The monoisotopic (exact) mass is 425 g/mol. The van der Waals surface area contributed by atoms with Crippen molar-refractivity contribution in [3.8, 4) is 6.07 Å². The van der Waals surface area contributed by atoms with Gasteiger partial charge in [0, 0.05) is 11.7 Å². The number of aromatic nitrogens is 3. The van der Waals surface area contributed by atoms with Crippen LogP contribution in [0, 0.1) is 25.2 Å². The third-order valence-electron chi connectivity index (χ3n) is 5.62. The molecule has 1 aliphatic rings. The van der Waals surface area contributed by atoms with Crippen LogP contribution in [-0.4, -0.2) is 26.2 Å². The van der Waals surface area contributed by atoms with E-state index < -0.39 is 0 Å². The Morgan fingerprint density at radius 3 is 2.90 bits per heavy atom. The van der Waals surface area contributed by atoms with Crippen molar-refractivity contribution in [2.75, 3.05) is 11.1 Å². The molecule has 0 unspecified atom stereocenters. The first kappa shape index (κ1) is 19.9. The Hall–Kier alpha value is -2.37. The second kappa shape index (κ2) is 8.56. The fourth-order valence-corrected chi connectivity index (χ4v) is 5.80. The summed E-state index contributed by atoms with van der Waals surface area (Å²) in [5.41, 5.74) is 3.51. The topological polar surface area (TPSA) is 83.6 Å². The number of fused-ring (bicyclic) bond motifs is 1. The first-order chi connectivity index (χ1) is 14.1. The Kier molecular flexibility index (Phi) is 5.88. The van der Waals surface area contributed by atoms with E-state index in [0.717, 1.165) is 39.3 Å². The number of amides is 1. The van der Waals surface area contributed by atoms with Gasteiger partial charge in [0.25, 0.3) is 0 Å². The molecule has 4 rings (SSSR count). The van der Waals surface area contributed by atoms with Gasteiger partial charge in [0.1, 0.15) is 23.2 Å². The molecule has 1 fully saturated rings. The first-order valence-electron chi connectivity index (χ1n) is 9.82. The fraction of sp³-hybridized carbons (Fsp3) is 0.429. The molecule has 6 nitrogen and oxygen atoms in total. The van der Waals surface area contributed by atoms with Crippen LogP contribution < -0.4 is 5.32 Å². The number of nitrogens with zero attached hydrogens (tertiary/aromatic N) is 4. The molecule has 0 aliphatic heterocycles. The average Bonchev–Trinajstić information content (AvgIpc) is 3.30. The molecular formula is C21H23N5OS2. The lowest BCUT2D eigenvalue weighted by molar-refractivity contribution is -0.113. The number of carbonyl (C=O) groups excluding carboxylic acids is 1. The predicted octanol–water partition coefficient (Wildman–Crippen LogP) is 5.22. The maximum absolute atomic E-state index is 12.8. The van der Waals surface area contributed by atoms with Crippen molar-refractivity contribution in [1.82, 2.24) is 14.5 Å². The Morgan fingerprint density at radius 1 is 1.34 bits per heavy atom. The summed E-state index contributed by atoms with van der Waals surface area (Å²) in [7, 11) is 0. The van der Waals surface area contributed by atoms with Crippen LogP contribution in [-0.2, 0) is 4.79 Å². The van der Waals surface area contributed by atoms with Gasteiger partial charge in [0.2, 0.25) is 5.91 Å². The van der Waals surface area contributed by atoms with Crippen molar-refractivity contribution >= 4 is 45.0 Å². The highest BCUT2D eigenvalue weighted by molar-refractivity contribution is 8.00. The largest absolute Gasteiger partial charge is 0.327 e. The van der Waals surface area contributed by atoms with Crippen molar-refractivity contribution in [1.29, 1.82) is 5.26 Å². The van der Waals surface area contributed by atoms with Gasteiger partial charge in [-0.1, -0.05) is 31.0 Å². The number of rotatable bonds is 5. The summed E-state index contributed by atoms with van der Waals surface area (Å²) in [6.07, 6.45) is 7.36. The van der Waals surface area contributed by atoms with Gasteiger partial charge in [0.15, 0.2) is 0 Å². The number of thioether (sulfide) groups is 1. The average molecular weight is 426 g/mol. The zero-order chi connectivity index (χ0) is 20.4.